The van der Waals surface area contributed by atoms with Crippen molar-refractivity contribution in [1.82, 2.24) is 14.5 Å². The minimum Gasteiger partial charge on any atom is -0.459 e. The summed E-state index contributed by atoms with van der Waals surface area (Å²) in [5.74, 6) is 0.592. The topological polar surface area (TPSA) is 69.2 Å². The van der Waals surface area contributed by atoms with Crippen LogP contribution in [-0.4, -0.2) is 15.0 Å². The van der Waals surface area contributed by atoms with Gasteiger partial charge in [-0.15, -0.1) is 0 Å². The number of rotatable bonds is 5. The van der Waals surface area contributed by atoms with Crippen molar-refractivity contribution < 1.29 is 9.21 Å². The standard InChI is InChI=1S/C21H21N3O3/c1-14(19-13-15-7-3-6-10-18(15)27-19)22-20(25)11-12-24-17-9-5-4-8-16(17)23(2)21(24)26/h3-10,13-14H,11-12H2,1-2H3,(H,22,25)/t14-/m0/s1. The zero-order chi connectivity index (χ0) is 19.0. The van der Waals surface area contributed by atoms with Crippen molar-refractivity contribution in [3.05, 3.63) is 70.8 Å². The number of benzene rings is 2. The van der Waals surface area contributed by atoms with E-state index in [0.717, 1.165) is 22.0 Å². The Balaban J connectivity index is 1.46. The number of nitrogens with one attached hydrogen (secondary N) is 1. The highest BCUT2D eigenvalue weighted by Gasteiger charge is 2.16. The Morgan fingerprint density at radius 1 is 1.11 bits per heavy atom. The number of hydrogen-bond donors (Lipinski definition) is 1. The zero-order valence-electron chi connectivity index (χ0n) is 15.3. The molecule has 0 radical (unpaired) electrons. The number of hydrogen-bond acceptors (Lipinski definition) is 3. The summed E-state index contributed by atoms with van der Waals surface area (Å²) >= 11 is 0. The van der Waals surface area contributed by atoms with Crippen LogP contribution in [0.2, 0.25) is 0 Å². The van der Waals surface area contributed by atoms with Gasteiger partial charge in [-0.1, -0.05) is 30.3 Å². The minimum atomic E-state index is -0.242. The van der Waals surface area contributed by atoms with Gasteiger partial charge in [0.05, 0.1) is 17.1 Å². The molecular weight excluding hydrogens is 342 g/mol. The highest BCUT2D eigenvalue weighted by Crippen LogP contribution is 2.23. The Labute approximate surface area is 156 Å². The number of furan rings is 1. The summed E-state index contributed by atoms with van der Waals surface area (Å²) in [6.45, 7) is 2.22. The van der Waals surface area contributed by atoms with Crippen molar-refractivity contribution in [1.29, 1.82) is 0 Å². The predicted octanol–water partition coefficient (Wildman–Crippen LogP) is 3.35. The molecule has 0 saturated carbocycles. The molecule has 2 aromatic heterocycles. The van der Waals surface area contributed by atoms with Crippen molar-refractivity contribution >= 4 is 27.9 Å². The molecule has 1 atom stereocenters. The molecule has 2 heterocycles. The van der Waals surface area contributed by atoms with Crippen LogP contribution in [0.1, 0.15) is 25.1 Å². The Bertz CT molecular complexity index is 1150. The number of para-hydroxylation sites is 3. The molecule has 0 aliphatic carbocycles. The Morgan fingerprint density at radius 3 is 2.59 bits per heavy atom. The van der Waals surface area contributed by atoms with Gasteiger partial charge in [0, 0.05) is 25.4 Å². The van der Waals surface area contributed by atoms with Gasteiger partial charge in [0.15, 0.2) is 0 Å². The molecule has 4 aromatic rings. The molecule has 1 N–H and O–H groups in total. The summed E-state index contributed by atoms with van der Waals surface area (Å²) in [6.07, 6.45) is 0.221. The fourth-order valence-corrected chi connectivity index (χ4v) is 3.39. The van der Waals surface area contributed by atoms with Crippen LogP contribution in [-0.2, 0) is 18.4 Å². The number of amides is 1. The van der Waals surface area contributed by atoms with E-state index in [9.17, 15) is 9.59 Å². The van der Waals surface area contributed by atoms with Gasteiger partial charge < -0.3 is 9.73 Å². The summed E-state index contributed by atoms with van der Waals surface area (Å²) in [5.41, 5.74) is 2.38. The third-order valence-corrected chi connectivity index (χ3v) is 4.86. The van der Waals surface area contributed by atoms with E-state index in [2.05, 4.69) is 5.32 Å². The number of carbonyl (C=O) groups is 1. The molecule has 1 amide bonds. The molecule has 27 heavy (non-hydrogen) atoms. The average Bonchev–Trinajstić information content (AvgIpc) is 3.21. The van der Waals surface area contributed by atoms with E-state index >= 15 is 0 Å². The highest BCUT2D eigenvalue weighted by molar-refractivity contribution is 5.79. The van der Waals surface area contributed by atoms with Gasteiger partial charge in [-0.2, -0.15) is 0 Å². The molecule has 6 nitrogen and oxygen atoms in total. The maximum Gasteiger partial charge on any atom is 0.328 e. The molecule has 0 aliphatic heterocycles. The molecule has 138 valence electrons. The Hall–Kier alpha value is -3.28. The average molecular weight is 363 g/mol. The highest BCUT2D eigenvalue weighted by atomic mass is 16.3. The SMILES string of the molecule is C[C@H](NC(=O)CCn1c(=O)n(C)c2ccccc21)c1cc2ccccc2o1. The van der Waals surface area contributed by atoms with Crippen molar-refractivity contribution in [2.24, 2.45) is 7.05 Å². The third-order valence-electron chi connectivity index (χ3n) is 4.86. The molecule has 0 aliphatic rings. The van der Waals surface area contributed by atoms with Crippen LogP contribution in [0, 0.1) is 0 Å². The largest absolute Gasteiger partial charge is 0.459 e. The lowest BCUT2D eigenvalue weighted by Crippen LogP contribution is -2.29. The number of imidazole rings is 1. The molecule has 0 spiro atoms. The second-order valence-electron chi connectivity index (χ2n) is 6.71. The zero-order valence-corrected chi connectivity index (χ0v) is 15.3. The van der Waals surface area contributed by atoms with Crippen LogP contribution in [0.4, 0.5) is 0 Å². The van der Waals surface area contributed by atoms with Crippen LogP contribution in [0.15, 0.2) is 63.8 Å². The van der Waals surface area contributed by atoms with Crippen LogP contribution in [0.3, 0.4) is 0 Å². The summed E-state index contributed by atoms with van der Waals surface area (Å²) in [7, 11) is 1.74. The molecular formula is C21H21N3O3. The lowest BCUT2D eigenvalue weighted by atomic mass is 10.2. The fourth-order valence-electron chi connectivity index (χ4n) is 3.39. The van der Waals surface area contributed by atoms with Gasteiger partial charge in [0.25, 0.3) is 0 Å². The first kappa shape index (κ1) is 17.1. The fraction of sp³-hybridized carbons (Fsp3) is 0.238. The van der Waals surface area contributed by atoms with Crippen molar-refractivity contribution in [3.63, 3.8) is 0 Å². The van der Waals surface area contributed by atoms with E-state index in [1.54, 1.807) is 16.2 Å². The monoisotopic (exact) mass is 363 g/mol. The Kier molecular flexibility index (Phi) is 4.32. The first-order valence-electron chi connectivity index (χ1n) is 8.96. The van der Waals surface area contributed by atoms with Crippen molar-refractivity contribution in [3.8, 4) is 0 Å². The van der Waals surface area contributed by atoms with Crippen LogP contribution >= 0.6 is 0 Å². The van der Waals surface area contributed by atoms with Crippen molar-refractivity contribution in [2.75, 3.05) is 0 Å². The maximum absolute atomic E-state index is 12.4. The van der Waals surface area contributed by atoms with Gasteiger partial charge >= 0.3 is 5.69 Å². The van der Waals surface area contributed by atoms with Crippen molar-refractivity contribution in [2.45, 2.75) is 25.9 Å². The molecule has 0 fully saturated rings. The van der Waals surface area contributed by atoms with Crippen LogP contribution < -0.4 is 11.0 Å². The number of nitrogens with zero attached hydrogens (tertiary/aromatic N) is 2. The summed E-state index contributed by atoms with van der Waals surface area (Å²) in [6, 6.07) is 17.0. The van der Waals surface area contributed by atoms with E-state index < -0.39 is 0 Å². The van der Waals surface area contributed by atoms with Gasteiger partial charge in [0.2, 0.25) is 5.91 Å². The van der Waals surface area contributed by atoms with E-state index in [1.807, 2.05) is 61.5 Å². The summed E-state index contributed by atoms with van der Waals surface area (Å²) in [5, 5.41) is 3.96. The van der Waals surface area contributed by atoms with Crippen LogP contribution in [0.25, 0.3) is 22.0 Å². The molecule has 0 unspecified atom stereocenters. The second kappa shape index (κ2) is 6.79. The molecule has 0 saturated heterocycles. The van der Waals surface area contributed by atoms with Gasteiger partial charge in [-0.05, 0) is 31.2 Å². The molecule has 6 heteroatoms. The van der Waals surface area contributed by atoms with E-state index in [-0.39, 0.29) is 24.1 Å². The molecule has 0 bridgehead atoms. The first-order valence-corrected chi connectivity index (χ1v) is 8.96. The van der Waals surface area contributed by atoms with E-state index in [4.69, 9.17) is 4.42 Å². The summed E-state index contributed by atoms with van der Waals surface area (Å²) in [4.78, 5) is 24.8. The lowest BCUT2D eigenvalue weighted by molar-refractivity contribution is -0.122. The van der Waals surface area contributed by atoms with Gasteiger partial charge in [-0.25, -0.2) is 4.79 Å². The maximum atomic E-state index is 12.4. The van der Waals surface area contributed by atoms with Crippen LogP contribution in [0.5, 0.6) is 0 Å². The van der Waals surface area contributed by atoms with Gasteiger partial charge in [0.1, 0.15) is 11.3 Å². The van der Waals surface area contributed by atoms with Gasteiger partial charge in [-0.3, -0.25) is 13.9 Å². The van der Waals surface area contributed by atoms with E-state index in [0.29, 0.717) is 12.3 Å². The molecule has 4 rings (SSSR count). The van der Waals surface area contributed by atoms with E-state index in [1.165, 1.54) is 0 Å². The molecule has 2 aromatic carbocycles. The number of aromatic nitrogens is 2. The lowest BCUT2D eigenvalue weighted by Gasteiger charge is -2.11. The number of fused-ring (bicyclic) bond motifs is 2. The summed E-state index contributed by atoms with van der Waals surface area (Å²) < 4.78 is 9.04. The normalized spacial score (nSPS) is 12.5. The smallest absolute Gasteiger partial charge is 0.328 e. The number of aryl methyl sites for hydroxylation is 2. The third kappa shape index (κ3) is 3.14. The quantitative estimate of drug-likeness (QED) is 0.591. The Morgan fingerprint density at radius 2 is 1.81 bits per heavy atom. The first-order chi connectivity index (χ1) is 13.0. The second-order valence-corrected chi connectivity index (χ2v) is 6.71. The predicted molar refractivity (Wildman–Crippen MR) is 105 cm³/mol. The minimum absolute atomic E-state index is 0.116. The number of carbonyl (C=O) groups excluding carboxylic acids is 1.